The van der Waals surface area contributed by atoms with Gasteiger partial charge in [0.2, 0.25) is 10.0 Å². The van der Waals surface area contributed by atoms with Crippen LogP contribution in [0.4, 0.5) is 0 Å². The number of halogens is 1. The van der Waals surface area contributed by atoms with E-state index in [1.807, 2.05) is 0 Å². The van der Waals surface area contributed by atoms with E-state index in [-0.39, 0.29) is 11.4 Å². The van der Waals surface area contributed by atoms with Crippen LogP contribution in [0.5, 0.6) is 0 Å². The van der Waals surface area contributed by atoms with Gasteiger partial charge in [-0.1, -0.05) is 18.5 Å². The molecular weight excluding hydrogens is 274 g/mol. The van der Waals surface area contributed by atoms with Crippen molar-refractivity contribution in [2.45, 2.75) is 31.3 Å². The highest BCUT2D eigenvalue weighted by atomic mass is 35.5. The van der Waals surface area contributed by atoms with Crippen molar-refractivity contribution in [2.75, 3.05) is 13.1 Å². The Balaban J connectivity index is 3.07. The molecule has 0 aliphatic carbocycles. The summed E-state index contributed by atoms with van der Waals surface area (Å²) in [6.45, 7) is 5.24. The van der Waals surface area contributed by atoms with E-state index in [0.717, 1.165) is 0 Å². The fourth-order valence-corrected chi connectivity index (χ4v) is 3.28. The first-order valence-corrected chi connectivity index (χ1v) is 7.47. The van der Waals surface area contributed by atoms with Crippen molar-refractivity contribution in [1.29, 1.82) is 0 Å². The summed E-state index contributed by atoms with van der Waals surface area (Å²) in [4.78, 5) is 0.179. The molecule has 0 aliphatic rings. The Morgan fingerprint density at radius 1 is 1.28 bits per heavy atom. The van der Waals surface area contributed by atoms with Gasteiger partial charge in [0.05, 0.1) is 10.5 Å². The number of hydrogen-bond acceptors (Lipinski definition) is 3. The van der Waals surface area contributed by atoms with Gasteiger partial charge in [-0.25, -0.2) is 8.42 Å². The van der Waals surface area contributed by atoms with Crippen LogP contribution in [0.3, 0.4) is 0 Å². The standard InChI is InChI=1S/C12H18ClNO3S/c1-4-14(9-12(2,3)15)18(16,17)11-7-5-10(13)6-8-11/h5-8,15H,4,9H2,1-3H3. The van der Waals surface area contributed by atoms with Gasteiger partial charge in [-0.05, 0) is 38.1 Å². The van der Waals surface area contributed by atoms with Gasteiger partial charge in [0.15, 0.2) is 0 Å². The maximum Gasteiger partial charge on any atom is 0.243 e. The molecule has 0 unspecified atom stereocenters. The van der Waals surface area contributed by atoms with Gasteiger partial charge in [0.25, 0.3) is 0 Å². The Morgan fingerprint density at radius 2 is 1.78 bits per heavy atom. The van der Waals surface area contributed by atoms with Crippen molar-refractivity contribution in [3.05, 3.63) is 29.3 Å². The summed E-state index contributed by atoms with van der Waals surface area (Å²) >= 11 is 5.73. The van der Waals surface area contributed by atoms with Gasteiger partial charge < -0.3 is 5.11 Å². The maximum absolute atomic E-state index is 12.3. The summed E-state index contributed by atoms with van der Waals surface area (Å²) in [5.41, 5.74) is -1.07. The molecule has 1 aromatic rings. The predicted molar refractivity (Wildman–Crippen MR) is 72.2 cm³/mol. The molecule has 0 saturated carbocycles. The van der Waals surface area contributed by atoms with Gasteiger partial charge in [0, 0.05) is 18.1 Å². The SMILES string of the molecule is CCN(CC(C)(C)O)S(=O)(=O)c1ccc(Cl)cc1. The third-order valence-electron chi connectivity index (χ3n) is 2.37. The molecule has 1 aromatic carbocycles. The monoisotopic (exact) mass is 291 g/mol. The van der Waals surface area contributed by atoms with Crippen LogP contribution in [0.1, 0.15) is 20.8 Å². The largest absolute Gasteiger partial charge is 0.389 e. The Hall–Kier alpha value is -0.620. The first-order valence-electron chi connectivity index (χ1n) is 5.65. The fraction of sp³-hybridized carbons (Fsp3) is 0.500. The quantitative estimate of drug-likeness (QED) is 0.904. The Kier molecular flexibility index (Phi) is 4.78. The highest BCUT2D eigenvalue weighted by Gasteiger charge is 2.28. The highest BCUT2D eigenvalue weighted by Crippen LogP contribution is 2.20. The minimum Gasteiger partial charge on any atom is -0.389 e. The van der Waals surface area contributed by atoms with E-state index in [2.05, 4.69) is 0 Å². The lowest BCUT2D eigenvalue weighted by Crippen LogP contribution is -2.42. The van der Waals surface area contributed by atoms with Crippen LogP contribution in [-0.2, 0) is 10.0 Å². The lowest BCUT2D eigenvalue weighted by Gasteiger charge is -2.27. The summed E-state index contributed by atoms with van der Waals surface area (Å²) < 4.78 is 25.9. The van der Waals surface area contributed by atoms with Gasteiger partial charge in [-0.2, -0.15) is 4.31 Å². The topological polar surface area (TPSA) is 57.6 Å². The van der Waals surface area contributed by atoms with E-state index in [0.29, 0.717) is 11.6 Å². The minimum atomic E-state index is -3.59. The van der Waals surface area contributed by atoms with E-state index in [4.69, 9.17) is 11.6 Å². The van der Waals surface area contributed by atoms with Crippen molar-refractivity contribution >= 4 is 21.6 Å². The smallest absolute Gasteiger partial charge is 0.243 e. The molecular formula is C12H18ClNO3S. The fourth-order valence-electron chi connectivity index (χ4n) is 1.55. The maximum atomic E-state index is 12.3. The molecule has 18 heavy (non-hydrogen) atoms. The second kappa shape index (κ2) is 5.57. The molecule has 1 rings (SSSR count). The third kappa shape index (κ3) is 3.95. The van der Waals surface area contributed by atoms with Crippen LogP contribution in [0.25, 0.3) is 0 Å². The zero-order chi connectivity index (χ0) is 14.0. The van der Waals surface area contributed by atoms with Gasteiger partial charge in [-0.3, -0.25) is 0 Å². The molecule has 4 nitrogen and oxygen atoms in total. The molecule has 0 fully saturated rings. The molecule has 0 radical (unpaired) electrons. The number of hydrogen-bond donors (Lipinski definition) is 1. The summed E-state index contributed by atoms with van der Waals surface area (Å²) in [6.07, 6.45) is 0. The first kappa shape index (κ1) is 15.4. The predicted octanol–water partition coefficient (Wildman–Crippen LogP) is 2.12. The van der Waals surface area contributed by atoms with E-state index in [1.54, 1.807) is 20.8 Å². The average molecular weight is 292 g/mol. The van der Waals surface area contributed by atoms with Crippen LogP contribution in [0.2, 0.25) is 5.02 Å². The average Bonchev–Trinajstić information content (AvgIpc) is 2.25. The van der Waals surface area contributed by atoms with E-state index in [9.17, 15) is 13.5 Å². The molecule has 0 aliphatic heterocycles. The molecule has 102 valence electrons. The van der Waals surface area contributed by atoms with Crippen LogP contribution >= 0.6 is 11.6 Å². The second-order valence-electron chi connectivity index (χ2n) is 4.70. The summed E-state index contributed by atoms with van der Waals surface area (Å²) in [6, 6.07) is 5.99. The molecule has 0 aromatic heterocycles. The van der Waals surface area contributed by atoms with Gasteiger partial charge >= 0.3 is 0 Å². The van der Waals surface area contributed by atoms with E-state index >= 15 is 0 Å². The lowest BCUT2D eigenvalue weighted by atomic mass is 10.1. The van der Waals surface area contributed by atoms with Crippen molar-refractivity contribution < 1.29 is 13.5 Å². The summed E-state index contributed by atoms with van der Waals surface area (Å²) in [7, 11) is -3.59. The number of benzene rings is 1. The number of sulfonamides is 1. The molecule has 0 saturated heterocycles. The summed E-state index contributed by atoms with van der Waals surface area (Å²) in [5.74, 6) is 0. The Labute approximate surface area is 113 Å². The van der Waals surface area contributed by atoms with Crippen LogP contribution in [0.15, 0.2) is 29.2 Å². The molecule has 6 heteroatoms. The normalized spacial score (nSPS) is 13.0. The summed E-state index contributed by atoms with van der Waals surface area (Å²) in [5, 5.41) is 10.2. The molecule has 0 bridgehead atoms. The van der Waals surface area contributed by atoms with Crippen LogP contribution in [0, 0.1) is 0 Å². The highest BCUT2D eigenvalue weighted by molar-refractivity contribution is 7.89. The molecule has 1 N–H and O–H groups in total. The van der Waals surface area contributed by atoms with E-state index < -0.39 is 15.6 Å². The van der Waals surface area contributed by atoms with Gasteiger partial charge in [-0.15, -0.1) is 0 Å². The molecule has 0 heterocycles. The van der Waals surface area contributed by atoms with Crippen LogP contribution < -0.4 is 0 Å². The minimum absolute atomic E-state index is 0.0501. The second-order valence-corrected chi connectivity index (χ2v) is 7.07. The van der Waals surface area contributed by atoms with Gasteiger partial charge in [0.1, 0.15) is 0 Å². The Morgan fingerprint density at radius 3 is 2.17 bits per heavy atom. The van der Waals surface area contributed by atoms with Crippen molar-refractivity contribution in [3.63, 3.8) is 0 Å². The zero-order valence-electron chi connectivity index (χ0n) is 10.7. The third-order valence-corrected chi connectivity index (χ3v) is 4.55. The first-order chi connectivity index (χ1) is 8.16. The number of nitrogens with zero attached hydrogens (tertiary/aromatic N) is 1. The van der Waals surface area contributed by atoms with Crippen molar-refractivity contribution in [1.82, 2.24) is 4.31 Å². The van der Waals surface area contributed by atoms with Crippen LogP contribution in [-0.4, -0.2) is 36.5 Å². The molecule has 0 spiro atoms. The number of aliphatic hydroxyl groups is 1. The van der Waals surface area contributed by atoms with Crippen molar-refractivity contribution in [3.8, 4) is 0 Å². The van der Waals surface area contributed by atoms with E-state index in [1.165, 1.54) is 28.6 Å². The lowest BCUT2D eigenvalue weighted by molar-refractivity contribution is 0.0601. The molecule has 0 atom stereocenters. The Bertz CT molecular complexity index is 491. The van der Waals surface area contributed by atoms with Crippen molar-refractivity contribution in [2.24, 2.45) is 0 Å². The number of rotatable bonds is 5. The number of likely N-dealkylation sites (N-methyl/N-ethyl adjacent to an activating group) is 1. The molecule has 0 amide bonds. The zero-order valence-corrected chi connectivity index (χ0v) is 12.3.